The van der Waals surface area contributed by atoms with Crippen LogP contribution in [0.15, 0.2) is 36.9 Å². The van der Waals surface area contributed by atoms with Gasteiger partial charge >= 0.3 is 0 Å². The van der Waals surface area contributed by atoms with Gasteiger partial charge in [-0.1, -0.05) is 38.0 Å². The number of nitrogens with two attached hydrogens (primary N) is 1. The van der Waals surface area contributed by atoms with E-state index in [4.69, 9.17) is 5.73 Å². The van der Waals surface area contributed by atoms with Crippen molar-refractivity contribution in [3.8, 4) is 5.69 Å². The van der Waals surface area contributed by atoms with Gasteiger partial charge in [-0.05, 0) is 18.1 Å². The molecule has 0 spiro atoms. The second-order valence-corrected chi connectivity index (χ2v) is 4.94. The lowest BCUT2D eigenvalue weighted by atomic mass is 10.1. The lowest BCUT2D eigenvalue weighted by Gasteiger charge is -2.13. The van der Waals surface area contributed by atoms with Crippen LogP contribution in [-0.4, -0.2) is 26.7 Å². The molecule has 3 N–H and O–H groups in total. The number of nitrogens with zero attached hydrogens (tertiary/aromatic N) is 3. The smallest absolute Gasteiger partial charge is 0.237 e. The Labute approximate surface area is 124 Å². The van der Waals surface area contributed by atoms with Crippen LogP contribution in [0.4, 0.5) is 0 Å². The molecule has 0 aliphatic heterocycles. The maximum Gasteiger partial charge on any atom is 0.237 e. The monoisotopic (exact) mass is 287 g/mol. The van der Waals surface area contributed by atoms with E-state index < -0.39 is 6.04 Å². The fourth-order valence-corrected chi connectivity index (χ4v) is 2.09. The molecule has 1 aromatic carbocycles. The topological polar surface area (TPSA) is 85.8 Å². The van der Waals surface area contributed by atoms with E-state index in [1.807, 2.05) is 24.3 Å². The van der Waals surface area contributed by atoms with E-state index in [1.165, 1.54) is 6.33 Å². The molecule has 6 nitrogen and oxygen atoms in total. The van der Waals surface area contributed by atoms with Crippen LogP contribution in [0.3, 0.4) is 0 Å². The second-order valence-electron chi connectivity index (χ2n) is 4.94. The maximum absolute atomic E-state index is 11.9. The summed E-state index contributed by atoms with van der Waals surface area (Å²) in [7, 11) is 0. The third kappa shape index (κ3) is 4.13. The quantitative estimate of drug-likeness (QED) is 0.806. The minimum absolute atomic E-state index is 0.114. The number of unbranched alkanes of at least 4 members (excludes halogenated alkanes) is 1. The molecular formula is C15H21N5O. The predicted molar refractivity (Wildman–Crippen MR) is 80.7 cm³/mol. The first-order chi connectivity index (χ1) is 10.2. The van der Waals surface area contributed by atoms with Crippen molar-refractivity contribution in [2.24, 2.45) is 5.73 Å². The molecule has 6 heteroatoms. The third-order valence-corrected chi connectivity index (χ3v) is 3.32. The average molecular weight is 287 g/mol. The number of nitrogens with one attached hydrogen (secondary N) is 1. The summed E-state index contributed by atoms with van der Waals surface area (Å²) in [6, 6.07) is 7.31. The zero-order valence-corrected chi connectivity index (χ0v) is 12.2. The van der Waals surface area contributed by atoms with E-state index in [9.17, 15) is 4.79 Å². The number of benzene rings is 1. The van der Waals surface area contributed by atoms with E-state index in [0.717, 1.165) is 24.1 Å². The number of aromatic nitrogens is 3. The summed E-state index contributed by atoms with van der Waals surface area (Å²) in [4.78, 5) is 15.9. The lowest BCUT2D eigenvalue weighted by Crippen LogP contribution is -2.40. The zero-order valence-electron chi connectivity index (χ0n) is 12.2. The summed E-state index contributed by atoms with van der Waals surface area (Å²) in [5.74, 6) is -0.114. The highest BCUT2D eigenvalue weighted by molar-refractivity contribution is 5.81. The first kappa shape index (κ1) is 15.2. The predicted octanol–water partition coefficient (Wildman–Crippen LogP) is 1.40. The molecule has 0 aliphatic rings. The first-order valence-corrected chi connectivity index (χ1v) is 7.18. The molecule has 0 fully saturated rings. The summed E-state index contributed by atoms with van der Waals surface area (Å²) in [6.45, 7) is 2.51. The number of hydrogen-bond acceptors (Lipinski definition) is 4. The molecule has 0 saturated carbocycles. The van der Waals surface area contributed by atoms with Gasteiger partial charge in [0.1, 0.15) is 12.7 Å². The molecule has 1 aromatic heterocycles. The fourth-order valence-electron chi connectivity index (χ4n) is 2.09. The Morgan fingerprint density at radius 2 is 2.24 bits per heavy atom. The van der Waals surface area contributed by atoms with Gasteiger partial charge in [0, 0.05) is 6.54 Å². The highest BCUT2D eigenvalue weighted by Gasteiger charge is 2.13. The Bertz CT molecular complexity index is 567. The third-order valence-electron chi connectivity index (χ3n) is 3.32. The Hall–Kier alpha value is -2.21. The van der Waals surface area contributed by atoms with Gasteiger partial charge in [-0.3, -0.25) is 4.79 Å². The lowest BCUT2D eigenvalue weighted by molar-refractivity contribution is -0.122. The van der Waals surface area contributed by atoms with Crippen molar-refractivity contribution < 1.29 is 4.79 Å². The molecular weight excluding hydrogens is 266 g/mol. The SMILES string of the molecule is CCCCC(N)C(=O)NCc1ccccc1-n1cncn1. The van der Waals surface area contributed by atoms with Crippen LogP contribution in [0.25, 0.3) is 5.69 Å². The molecule has 21 heavy (non-hydrogen) atoms. The molecule has 1 amide bonds. The van der Waals surface area contributed by atoms with E-state index >= 15 is 0 Å². The largest absolute Gasteiger partial charge is 0.351 e. The standard InChI is InChI=1S/C15H21N5O/c1-2-3-7-13(16)15(21)18-9-12-6-4-5-8-14(12)20-11-17-10-19-20/h4-6,8,10-11,13H,2-3,7,9,16H2,1H3,(H,18,21). The Balaban J connectivity index is 1.99. The van der Waals surface area contributed by atoms with E-state index in [-0.39, 0.29) is 5.91 Å². The van der Waals surface area contributed by atoms with Gasteiger partial charge in [-0.25, -0.2) is 9.67 Å². The van der Waals surface area contributed by atoms with Gasteiger partial charge in [0.25, 0.3) is 0 Å². The highest BCUT2D eigenvalue weighted by atomic mass is 16.2. The van der Waals surface area contributed by atoms with Crippen LogP contribution >= 0.6 is 0 Å². The molecule has 0 aliphatic carbocycles. The molecule has 1 unspecified atom stereocenters. The van der Waals surface area contributed by atoms with E-state index in [0.29, 0.717) is 13.0 Å². The van der Waals surface area contributed by atoms with Gasteiger partial charge in [0.15, 0.2) is 0 Å². The van der Waals surface area contributed by atoms with Gasteiger partial charge < -0.3 is 11.1 Å². The minimum Gasteiger partial charge on any atom is -0.351 e. The number of rotatable bonds is 7. The van der Waals surface area contributed by atoms with E-state index in [1.54, 1.807) is 11.0 Å². The second kappa shape index (κ2) is 7.54. The van der Waals surface area contributed by atoms with Gasteiger partial charge in [0.2, 0.25) is 5.91 Å². The first-order valence-electron chi connectivity index (χ1n) is 7.18. The van der Waals surface area contributed by atoms with Gasteiger partial charge in [0.05, 0.1) is 11.7 Å². The summed E-state index contributed by atoms with van der Waals surface area (Å²) >= 11 is 0. The number of carbonyl (C=O) groups excluding carboxylic acids is 1. The van der Waals surface area contributed by atoms with Crippen molar-refractivity contribution in [1.82, 2.24) is 20.1 Å². The molecule has 0 bridgehead atoms. The summed E-state index contributed by atoms with van der Waals surface area (Å²) < 4.78 is 1.68. The molecule has 2 aromatic rings. The van der Waals surface area contributed by atoms with Crippen molar-refractivity contribution in [3.63, 3.8) is 0 Å². The minimum atomic E-state index is -0.441. The highest BCUT2D eigenvalue weighted by Crippen LogP contribution is 2.12. The van der Waals surface area contributed by atoms with Crippen molar-refractivity contribution in [3.05, 3.63) is 42.5 Å². The number of para-hydroxylation sites is 1. The van der Waals surface area contributed by atoms with Crippen LogP contribution in [0, 0.1) is 0 Å². The Morgan fingerprint density at radius 1 is 1.43 bits per heavy atom. The van der Waals surface area contributed by atoms with Crippen LogP contribution in [0.1, 0.15) is 31.7 Å². The van der Waals surface area contributed by atoms with E-state index in [2.05, 4.69) is 22.3 Å². The van der Waals surface area contributed by atoms with Crippen molar-refractivity contribution in [2.75, 3.05) is 0 Å². The van der Waals surface area contributed by atoms with Crippen molar-refractivity contribution >= 4 is 5.91 Å². The summed E-state index contributed by atoms with van der Waals surface area (Å²) in [6.07, 6.45) is 5.83. The number of amides is 1. The number of hydrogen-bond donors (Lipinski definition) is 2. The fraction of sp³-hybridized carbons (Fsp3) is 0.400. The average Bonchev–Trinajstić information content (AvgIpc) is 3.04. The normalized spacial score (nSPS) is 12.1. The van der Waals surface area contributed by atoms with Gasteiger partial charge in [-0.2, -0.15) is 5.10 Å². The van der Waals surface area contributed by atoms with Crippen molar-refractivity contribution in [1.29, 1.82) is 0 Å². The molecule has 2 rings (SSSR count). The zero-order chi connectivity index (χ0) is 15.1. The maximum atomic E-state index is 11.9. The number of carbonyl (C=O) groups is 1. The Kier molecular flexibility index (Phi) is 5.45. The van der Waals surface area contributed by atoms with Crippen LogP contribution in [0.5, 0.6) is 0 Å². The molecule has 1 atom stereocenters. The van der Waals surface area contributed by atoms with Crippen LogP contribution in [-0.2, 0) is 11.3 Å². The Morgan fingerprint density at radius 3 is 2.95 bits per heavy atom. The van der Waals surface area contributed by atoms with Crippen LogP contribution in [0.2, 0.25) is 0 Å². The molecule has 112 valence electrons. The summed E-state index contributed by atoms with van der Waals surface area (Å²) in [5, 5.41) is 7.00. The molecule has 0 saturated heterocycles. The molecule has 0 radical (unpaired) electrons. The van der Waals surface area contributed by atoms with Crippen LogP contribution < -0.4 is 11.1 Å². The van der Waals surface area contributed by atoms with Crippen molar-refractivity contribution in [2.45, 2.75) is 38.8 Å². The summed E-state index contributed by atoms with van der Waals surface area (Å²) in [5.41, 5.74) is 7.73. The van der Waals surface area contributed by atoms with Gasteiger partial charge in [-0.15, -0.1) is 0 Å². The molecule has 1 heterocycles.